The van der Waals surface area contributed by atoms with Crippen LogP contribution in [0, 0.1) is 0 Å². The molecule has 1 aromatic carbocycles. The number of carbonyl (C=O) groups is 1. The summed E-state index contributed by atoms with van der Waals surface area (Å²) >= 11 is 0. The van der Waals surface area contributed by atoms with Crippen LogP contribution in [0.4, 0.5) is 0 Å². The van der Waals surface area contributed by atoms with Crippen molar-refractivity contribution in [3.8, 4) is 0 Å². The van der Waals surface area contributed by atoms with Crippen LogP contribution in [0.2, 0.25) is 0 Å². The van der Waals surface area contributed by atoms with Gasteiger partial charge in [-0.05, 0) is 44.1 Å². The van der Waals surface area contributed by atoms with Gasteiger partial charge in [-0.15, -0.1) is 0 Å². The molecule has 0 spiro atoms. The maximum Gasteiger partial charge on any atom is 0.326 e. The summed E-state index contributed by atoms with van der Waals surface area (Å²) in [4.78, 5) is 14.9. The number of carbonyl (C=O) groups excluding carboxylic acids is 1. The Morgan fingerprint density at radius 1 is 1.13 bits per heavy atom. The molecule has 4 nitrogen and oxygen atoms in total. The third-order valence-electron chi connectivity index (χ3n) is 5.23. The Morgan fingerprint density at radius 2 is 1.78 bits per heavy atom. The van der Waals surface area contributed by atoms with E-state index in [0.29, 0.717) is 12.8 Å². The minimum atomic E-state index is -0.787. The Hall–Kier alpha value is -1.39. The summed E-state index contributed by atoms with van der Waals surface area (Å²) in [5.74, 6) is -0.177. The van der Waals surface area contributed by atoms with Gasteiger partial charge in [0.05, 0.1) is 0 Å². The normalized spacial score (nSPS) is 22.7. The number of hydrogen-bond donors (Lipinski definition) is 1. The van der Waals surface area contributed by atoms with Crippen LogP contribution < -0.4 is 5.73 Å². The predicted octanol–water partition coefficient (Wildman–Crippen LogP) is 2.86. The van der Waals surface area contributed by atoms with Gasteiger partial charge in [0.2, 0.25) is 0 Å². The minimum Gasteiger partial charge on any atom is -0.461 e. The summed E-state index contributed by atoms with van der Waals surface area (Å²) in [6.45, 7) is 2.63. The van der Waals surface area contributed by atoms with Gasteiger partial charge in [-0.3, -0.25) is 9.69 Å². The van der Waals surface area contributed by atoms with Crippen molar-refractivity contribution >= 4 is 5.97 Å². The van der Waals surface area contributed by atoms with E-state index in [1.165, 1.54) is 24.8 Å². The van der Waals surface area contributed by atoms with Gasteiger partial charge in [0.1, 0.15) is 11.6 Å². The van der Waals surface area contributed by atoms with Crippen molar-refractivity contribution in [2.45, 2.75) is 63.1 Å². The summed E-state index contributed by atoms with van der Waals surface area (Å²) in [5.41, 5.74) is 6.89. The number of nitrogens with two attached hydrogens (primary N) is 1. The van der Waals surface area contributed by atoms with E-state index in [1.54, 1.807) is 0 Å². The highest BCUT2D eigenvalue weighted by molar-refractivity contribution is 5.80. The Kier molecular flexibility index (Phi) is 5.34. The molecule has 1 aromatic rings. The van der Waals surface area contributed by atoms with Gasteiger partial charge in [-0.25, -0.2) is 0 Å². The third-order valence-corrected chi connectivity index (χ3v) is 5.23. The third kappa shape index (κ3) is 4.33. The fourth-order valence-electron chi connectivity index (χ4n) is 3.61. The van der Waals surface area contributed by atoms with Gasteiger partial charge in [0, 0.05) is 19.6 Å². The number of likely N-dealkylation sites (tertiary alicyclic amines) is 1. The molecule has 1 aliphatic carbocycles. The van der Waals surface area contributed by atoms with E-state index in [4.69, 9.17) is 10.5 Å². The van der Waals surface area contributed by atoms with Crippen molar-refractivity contribution in [1.82, 2.24) is 4.90 Å². The molecular formula is C19H28N2O2. The molecule has 1 saturated heterocycles. The average molecular weight is 316 g/mol. The van der Waals surface area contributed by atoms with Crippen LogP contribution in [0.1, 0.15) is 50.5 Å². The maximum absolute atomic E-state index is 12.5. The largest absolute Gasteiger partial charge is 0.461 e. The SMILES string of the molecule is NC1(C(=O)OC2CCCCC2)CCN(Cc2ccccc2)CC1. The van der Waals surface area contributed by atoms with E-state index < -0.39 is 5.54 Å². The van der Waals surface area contributed by atoms with Gasteiger partial charge in [-0.1, -0.05) is 36.8 Å². The van der Waals surface area contributed by atoms with Crippen molar-refractivity contribution in [2.75, 3.05) is 13.1 Å². The lowest BCUT2D eigenvalue weighted by atomic mass is 9.88. The molecule has 23 heavy (non-hydrogen) atoms. The summed E-state index contributed by atoms with van der Waals surface area (Å²) in [5, 5.41) is 0. The first kappa shape index (κ1) is 16.5. The molecule has 3 rings (SSSR count). The molecule has 2 N–H and O–H groups in total. The lowest BCUT2D eigenvalue weighted by Crippen LogP contribution is -2.56. The number of benzene rings is 1. The number of esters is 1. The molecule has 1 saturated carbocycles. The Labute approximate surface area is 139 Å². The van der Waals surface area contributed by atoms with Crippen molar-refractivity contribution in [2.24, 2.45) is 5.73 Å². The smallest absolute Gasteiger partial charge is 0.326 e. The van der Waals surface area contributed by atoms with Gasteiger partial charge in [-0.2, -0.15) is 0 Å². The predicted molar refractivity (Wildman–Crippen MR) is 90.8 cm³/mol. The van der Waals surface area contributed by atoms with Gasteiger partial charge >= 0.3 is 5.97 Å². The molecular weight excluding hydrogens is 288 g/mol. The van der Waals surface area contributed by atoms with Gasteiger partial charge in [0.25, 0.3) is 0 Å². The molecule has 0 amide bonds. The molecule has 4 heteroatoms. The van der Waals surface area contributed by atoms with E-state index >= 15 is 0 Å². The second-order valence-electron chi connectivity index (χ2n) is 7.08. The van der Waals surface area contributed by atoms with E-state index in [0.717, 1.165) is 32.5 Å². The zero-order valence-electron chi connectivity index (χ0n) is 13.9. The molecule has 2 fully saturated rings. The molecule has 1 heterocycles. The van der Waals surface area contributed by atoms with Crippen molar-refractivity contribution in [3.05, 3.63) is 35.9 Å². The van der Waals surface area contributed by atoms with E-state index in [1.807, 2.05) is 6.07 Å². The van der Waals surface area contributed by atoms with Crippen LogP contribution in [0.25, 0.3) is 0 Å². The number of hydrogen-bond acceptors (Lipinski definition) is 4. The summed E-state index contributed by atoms with van der Waals surface area (Å²) in [6.07, 6.45) is 7.07. The first-order valence-electron chi connectivity index (χ1n) is 8.92. The Balaban J connectivity index is 1.49. The molecule has 1 aliphatic heterocycles. The summed E-state index contributed by atoms with van der Waals surface area (Å²) in [7, 11) is 0. The highest BCUT2D eigenvalue weighted by Gasteiger charge is 2.40. The minimum absolute atomic E-state index is 0.0963. The second kappa shape index (κ2) is 7.45. The fourth-order valence-corrected chi connectivity index (χ4v) is 3.61. The fraction of sp³-hybridized carbons (Fsp3) is 0.632. The molecule has 126 valence electrons. The van der Waals surface area contributed by atoms with Crippen LogP contribution in [0.3, 0.4) is 0 Å². The van der Waals surface area contributed by atoms with Gasteiger partial charge < -0.3 is 10.5 Å². The number of ether oxygens (including phenoxy) is 1. The van der Waals surface area contributed by atoms with Crippen LogP contribution in [0.5, 0.6) is 0 Å². The first-order valence-corrected chi connectivity index (χ1v) is 8.92. The summed E-state index contributed by atoms with van der Waals surface area (Å²) < 4.78 is 5.70. The second-order valence-corrected chi connectivity index (χ2v) is 7.08. The van der Waals surface area contributed by atoms with E-state index in [-0.39, 0.29) is 12.1 Å². The molecule has 0 unspecified atom stereocenters. The molecule has 0 radical (unpaired) electrons. The van der Waals surface area contributed by atoms with Gasteiger partial charge in [0.15, 0.2) is 0 Å². The Bertz CT molecular complexity index is 503. The first-order chi connectivity index (χ1) is 11.2. The van der Waals surface area contributed by atoms with Crippen LogP contribution >= 0.6 is 0 Å². The molecule has 0 aromatic heterocycles. The van der Waals surface area contributed by atoms with E-state index in [2.05, 4.69) is 29.2 Å². The van der Waals surface area contributed by atoms with Crippen molar-refractivity contribution in [3.63, 3.8) is 0 Å². The molecule has 0 bridgehead atoms. The number of rotatable bonds is 4. The summed E-state index contributed by atoms with van der Waals surface area (Å²) in [6, 6.07) is 10.4. The van der Waals surface area contributed by atoms with Crippen LogP contribution in [0.15, 0.2) is 30.3 Å². The highest BCUT2D eigenvalue weighted by Crippen LogP contribution is 2.26. The van der Waals surface area contributed by atoms with Crippen LogP contribution in [-0.2, 0) is 16.1 Å². The lowest BCUT2D eigenvalue weighted by molar-refractivity contribution is -0.159. The van der Waals surface area contributed by atoms with E-state index in [9.17, 15) is 4.79 Å². The Morgan fingerprint density at radius 3 is 2.43 bits per heavy atom. The standard InChI is InChI=1S/C19H28N2O2/c20-19(18(22)23-17-9-5-2-6-10-17)11-13-21(14-12-19)15-16-7-3-1-4-8-16/h1,3-4,7-8,17H,2,5-6,9-15,20H2. The topological polar surface area (TPSA) is 55.6 Å². The zero-order chi connectivity index (χ0) is 16.1. The van der Waals surface area contributed by atoms with Crippen molar-refractivity contribution < 1.29 is 9.53 Å². The highest BCUT2D eigenvalue weighted by atomic mass is 16.5. The van der Waals surface area contributed by atoms with Crippen LogP contribution in [-0.4, -0.2) is 35.6 Å². The quantitative estimate of drug-likeness (QED) is 0.868. The maximum atomic E-state index is 12.5. The number of nitrogens with zero attached hydrogens (tertiary/aromatic N) is 1. The number of piperidine rings is 1. The molecule has 2 aliphatic rings. The monoisotopic (exact) mass is 316 g/mol. The lowest BCUT2D eigenvalue weighted by Gasteiger charge is -2.38. The zero-order valence-corrected chi connectivity index (χ0v) is 13.9. The van der Waals surface area contributed by atoms with Crippen molar-refractivity contribution in [1.29, 1.82) is 0 Å². The molecule has 0 atom stereocenters. The average Bonchev–Trinajstić information content (AvgIpc) is 2.59.